The van der Waals surface area contributed by atoms with Crippen molar-refractivity contribution in [2.24, 2.45) is 0 Å². The first kappa shape index (κ1) is 9.85. The lowest BCUT2D eigenvalue weighted by atomic mass is 10.2. The van der Waals surface area contributed by atoms with E-state index < -0.39 is 9.84 Å². The maximum atomic E-state index is 11.3. The molecule has 1 saturated heterocycles. The zero-order valence-corrected chi connectivity index (χ0v) is 9.14. The van der Waals surface area contributed by atoms with Crippen LogP contribution in [0.25, 0.3) is 0 Å². The summed E-state index contributed by atoms with van der Waals surface area (Å²) < 4.78 is 22.6. The number of hydrogen-bond donors (Lipinski definition) is 1. The van der Waals surface area contributed by atoms with Crippen LogP contribution in [0.1, 0.15) is 12.8 Å². The Morgan fingerprint density at radius 1 is 1.57 bits per heavy atom. The predicted molar refractivity (Wildman–Crippen MR) is 55.2 cm³/mol. The van der Waals surface area contributed by atoms with Crippen LogP contribution < -0.4 is 5.32 Å². The number of rotatable bonds is 2. The van der Waals surface area contributed by atoms with E-state index in [2.05, 4.69) is 15.5 Å². The molecule has 0 aliphatic carbocycles. The molecule has 2 rings (SSSR count). The molecular weight excluding hydrogens is 222 g/mol. The molecular formula is C7H11N3O2S2. The third-order valence-electron chi connectivity index (χ3n) is 2.15. The zero-order chi connectivity index (χ0) is 10.0. The van der Waals surface area contributed by atoms with Gasteiger partial charge in [0.25, 0.3) is 0 Å². The summed E-state index contributed by atoms with van der Waals surface area (Å²) >= 11 is 1.39. The average molecular weight is 233 g/mol. The molecule has 0 amide bonds. The third-order valence-corrected chi connectivity index (χ3v) is 4.59. The minimum atomic E-state index is -2.84. The van der Waals surface area contributed by atoms with Crippen molar-refractivity contribution in [3.63, 3.8) is 0 Å². The van der Waals surface area contributed by atoms with Crippen LogP contribution in [0.3, 0.4) is 0 Å². The molecule has 1 atom stereocenters. The van der Waals surface area contributed by atoms with Crippen molar-refractivity contribution in [1.29, 1.82) is 0 Å². The Balaban J connectivity index is 1.99. The van der Waals surface area contributed by atoms with E-state index in [1.54, 1.807) is 5.51 Å². The van der Waals surface area contributed by atoms with E-state index in [1.165, 1.54) is 11.3 Å². The quantitative estimate of drug-likeness (QED) is 0.806. The number of aromatic nitrogens is 2. The molecule has 0 spiro atoms. The fraction of sp³-hybridized carbons (Fsp3) is 0.714. The molecule has 1 fully saturated rings. The van der Waals surface area contributed by atoms with E-state index in [9.17, 15) is 8.42 Å². The SMILES string of the molecule is O=S1(=O)CCCC(Nc2nncs2)C1. The van der Waals surface area contributed by atoms with Gasteiger partial charge in [-0.2, -0.15) is 0 Å². The van der Waals surface area contributed by atoms with Gasteiger partial charge in [-0.1, -0.05) is 11.3 Å². The minimum Gasteiger partial charge on any atom is -0.356 e. The van der Waals surface area contributed by atoms with Crippen molar-refractivity contribution in [3.05, 3.63) is 5.51 Å². The normalized spacial score (nSPS) is 25.9. The van der Waals surface area contributed by atoms with Crippen LogP contribution in [0.4, 0.5) is 5.13 Å². The molecule has 1 aliphatic heterocycles. The standard InChI is InChI=1S/C7H11N3O2S2/c11-14(12)3-1-2-6(4-14)9-7-10-8-5-13-7/h5-6H,1-4H2,(H,9,10). The number of sulfone groups is 1. The van der Waals surface area contributed by atoms with Crippen LogP contribution >= 0.6 is 11.3 Å². The number of nitrogens with zero attached hydrogens (tertiary/aromatic N) is 2. The summed E-state index contributed by atoms with van der Waals surface area (Å²) in [5.41, 5.74) is 1.62. The highest BCUT2D eigenvalue weighted by atomic mass is 32.2. The van der Waals surface area contributed by atoms with Gasteiger partial charge in [-0.15, -0.1) is 10.2 Å². The summed E-state index contributed by atoms with van der Waals surface area (Å²) in [5.74, 6) is 0.536. The van der Waals surface area contributed by atoms with Crippen LogP contribution in [-0.2, 0) is 9.84 Å². The summed E-state index contributed by atoms with van der Waals surface area (Å²) in [6.45, 7) is 0. The number of anilines is 1. The topological polar surface area (TPSA) is 72.0 Å². The fourth-order valence-corrected chi connectivity index (χ4v) is 3.71. The molecule has 5 nitrogen and oxygen atoms in total. The lowest BCUT2D eigenvalue weighted by Crippen LogP contribution is -2.34. The van der Waals surface area contributed by atoms with Gasteiger partial charge in [-0.25, -0.2) is 8.42 Å². The van der Waals surface area contributed by atoms with Gasteiger partial charge in [0.15, 0.2) is 9.84 Å². The molecule has 2 heterocycles. The molecule has 0 saturated carbocycles. The van der Waals surface area contributed by atoms with Gasteiger partial charge in [0.2, 0.25) is 5.13 Å². The van der Waals surface area contributed by atoms with E-state index in [-0.39, 0.29) is 11.8 Å². The van der Waals surface area contributed by atoms with Gasteiger partial charge in [0, 0.05) is 6.04 Å². The summed E-state index contributed by atoms with van der Waals surface area (Å²) in [6, 6.07) is 0.00157. The van der Waals surface area contributed by atoms with Crippen LogP contribution in [-0.4, -0.2) is 36.2 Å². The maximum absolute atomic E-state index is 11.3. The largest absolute Gasteiger partial charge is 0.356 e. The Morgan fingerprint density at radius 2 is 2.43 bits per heavy atom. The molecule has 1 aromatic heterocycles. The first-order valence-corrected chi connectivity index (χ1v) is 7.09. The van der Waals surface area contributed by atoms with Crippen LogP contribution in [0.5, 0.6) is 0 Å². The predicted octanol–water partition coefficient (Wildman–Crippen LogP) is 0.527. The summed E-state index contributed by atoms with van der Waals surface area (Å²) in [6.07, 6.45) is 1.62. The van der Waals surface area contributed by atoms with Crippen molar-refractivity contribution < 1.29 is 8.42 Å². The molecule has 14 heavy (non-hydrogen) atoms. The van der Waals surface area contributed by atoms with Crippen LogP contribution in [0.2, 0.25) is 0 Å². The molecule has 0 radical (unpaired) electrons. The van der Waals surface area contributed by atoms with Crippen LogP contribution in [0.15, 0.2) is 5.51 Å². The second-order valence-electron chi connectivity index (χ2n) is 3.34. The summed E-state index contributed by atoms with van der Waals surface area (Å²) in [7, 11) is -2.84. The highest BCUT2D eigenvalue weighted by Crippen LogP contribution is 2.17. The zero-order valence-electron chi connectivity index (χ0n) is 7.51. The van der Waals surface area contributed by atoms with Crippen molar-refractivity contribution in [1.82, 2.24) is 10.2 Å². The first-order valence-electron chi connectivity index (χ1n) is 4.39. The number of nitrogens with one attached hydrogen (secondary N) is 1. The monoisotopic (exact) mass is 233 g/mol. The third kappa shape index (κ3) is 2.42. The van der Waals surface area contributed by atoms with E-state index in [0.717, 1.165) is 12.8 Å². The second-order valence-corrected chi connectivity index (χ2v) is 6.40. The Hall–Kier alpha value is -0.690. The minimum absolute atomic E-state index is 0.00157. The summed E-state index contributed by atoms with van der Waals surface area (Å²) in [5, 5.41) is 11.3. The van der Waals surface area contributed by atoms with Gasteiger partial charge >= 0.3 is 0 Å². The van der Waals surface area contributed by atoms with E-state index in [0.29, 0.717) is 10.9 Å². The molecule has 1 aromatic rings. The number of hydrogen-bond acceptors (Lipinski definition) is 6. The smallest absolute Gasteiger partial charge is 0.205 e. The van der Waals surface area contributed by atoms with E-state index >= 15 is 0 Å². The molecule has 0 bridgehead atoms. The van der Waals surface area contributed by atoms with E-state index in [1.807, 2.05) is 0 Å². The molecule has 0 aromatic carbocycles. The van der Waals surface area contributed by atoms with Crippen LogP contribution in [0, 0.1) is 0 Å². The highest BCUT2D eigenvalue weighted by molar-refractivity contribution is 7.91. The fourth-order valence-electron chi connectivity index (χ4n) is 1.55. The lowest BCUT2D eigenvalue weighted by Gasteiger charge is -2.22. The summed E-state index contributed by atoms with van der Waals surface area (Å²) in [4.78, 5) is 0. The van der Waals surface area contributed by atoms with Crippen molar-refractivity contribution in [2.75, 3.05) is 16.8 Å². The average Bonchev–Trinajstić information content (AvgIpc) is 2.54. The Kier molecular flexibility index (Phi) is 2.69. The highest BCUT2D eigenvalue weighted by Gasteiger charge is 2.24. The second kappa shape index (κ2) is 3.82. The van der Waals surface area contributed by atoms with Crippen molar-refractivity contribution in [3.8, 4) is 0 Å². The van der Waals surface area contributed by atoms with Gasteiger partial charge in [0.05, 0.1) is 11.5 Å². The Morgan fingerprint density at radius 3 is 3.07 bits per heavy atom. The van der Waals surface area contributed by atoms with Gasteiger partial charge in [0.1, 0.15) is 5.51 Å². The molecule has 78 valence electrons. The Bertz CT molecular complexity index is 387. The van der Waals surface area contributed by atoms with Gasteiger partial charge in [-0.3, -0.25) is 0 Å². The van der Waals surface area contributed by atoms with Gasteiger partial charge in [-0.05, 0) is 12.8 Å². The molecule has 7 heteroatoms. The first-order chi connectivity index (χ1) is 6.66. The van der Waals surface area contributed by atoms with Gasteiger partial charge < -0.3 is 5.32 Å². The molecule has 1 N–H and O–H groups in total. The van der Waals surface area contributed by atoms with E-state index in [4.69, 9.17) is 0 Å². The molecule has 1 aliphatic rings. The Labute approximate surface area is 86.5 Å². The maximum Gasteiger partial charge on any atom is 0.205 e. The van der Waals surface area contributed by atoms with Crippen molar-refractivity contribution >= 4 is 26.3 Å². The van der Waals surface area contributed by atoms with Crippen molar-refractivity contribution in [2.45, 2.75) is 18.9 Å². The lowest BCUT2D eigenvalue weighted by molar-refractivity contribution is 0.562. The molecule has 1 unspecified atom stereocenters.